The molecule has 0 saturated carbocycles. The molecular formula is C25H17F3N2O3S. The van der Waals surface area contributed by atoms with E-state index < -0.39 is 35.6 Å². The molecule has 2 aromatic carbocycles. The van der Waals surface area contributed by atoms with Gasteiger partial charge in [0.05, 0.1) is 15.8 Å². The Morgan fingerprint density at radius 1 is 1.06 bits per heavy atom. The maximum absolute atomic E-state index is 13.4. The average molecular weight is 482 g/mol. The molecule has 0 saturated heterocycles. The van der Waals surface area contributed by atoms with Crippen LogP contribution >= 0.6 is 11.3 Å². The van der Waals surface area contributed by atoms with Gasteiger partial charge in [-0.05, 0) is 22.8 Å². The largest absolute Gasteiger partial charge is 0.457 e. The van der Waals surface area contributed by atoms with E-state index in [1.54, 1.807) is 42.5 Å². The number of thiophene rings is 1. The molecule has 5 rings (SSSR count). The first-order valence-corrected chi connectivity index (χ1v) is 11.2. The molecule has 9 heteroatoms. The number of halogens is 3. The van der Waals surface area contributed by atoms with Gasteiger partial charge in [0.15, 0.2) is 0 Å². The van der Waals surface area contributed by atoms with Crippen molar-refractivity contribution < 1.29 is 27.5 Å². The van der Waals surface area contributed by atoms with Crippen LogP contribution in [0.3, 0.4) is 0 Å². The number of hydrogen-bond donors (Lipinski definition) is 1. The summed E-state index contributed by atoms with van der Waals surface area (Å²) in [4.78, 5) is 29.7. The van der Waals surface area contributed by atoms with Crippen LogP contribution < -0.4 is 5.73 Å². The molecule has 0 spiro atoms. The molecule has 0 fully saturated rings. The molecule has 0 aliphatic heterocycles. The number of carbonyl (C=O) groups excluding carboxylic acids is 2. The lowest BCUT2D eigenvalue weighted by Gasteiger charge is -2.18. The van der Waals surface area contributed by atoms with Gasteiger partial charge in [0.1, 0.15) is 16.9 Å². The first-order chi connectivity index (χ1) is 16.2. The number of nitrogens with two attached hydrogens (primary N) is 1. The number of ether oxygens (including phenoxy) is 1. The first-order valence-electron chi connectivity index (χ1n) is 10.4. The smallest absolute Gasteiger partial charge is 0.417 e. The second-order valence-corrected chi connectivity index (χ2v) is 9.02. The number of amides is 1. The number of rotatable bonds is 4. The van der Waals surface area contributed by atoms with Gasteiger partial charge in [0.2, 0.25) is 5.91 Å². The van der Waals surface area contributed by atoms with Crippen LogP contribution in [0.15, 0.2) is 66.9 Å². The molecule has 2 aromatic heterocycles. The molecule has 34 heavy (non-hydrogen) atoms. The molecule has 5 nitrogen and oxygen atoms in total. The molecule has 2 atom stereocenters. The summed E-state index contributed by atoms with van der Waals surface area (Å²) in [5.74, 6) is -2.15. The number of fused-ring (bicyclic) bond motifs is 2. The number of aromatic nitrogens is 1. The van der Waals surface area contributed by atoms with Crippen LogP contribution in [0.1, 0.15) is 32.3 Å². The summed E-state index contributed by atoms with van der Waals surface area (Å²) in [5, 5.41) is 0. The highest BCUT2D eigenvalue weighted by atomic mass is 32.1. The zero-order chi connectivity index (χ0) is 24.0. The fourth-order valence-corrected chi connectivity index (χ4v) is 5.45. The Labute approximate surface area is 196 Å². The third-order valence-electron chi connectivity index (χ3n) is 5.85. The number of primary amides is 1. The summed E-state index contributed by atoms with van der Waals surface area (Å²) < 4.78 is 45.7. The van der Waals surface area contributed by atoms with Crippen LogP contribution in [0, 0.1) is 0 Å². The molecule has 0 bridgehead atoms. The molecule has 4 aromatic rings. The highest BCUT2D eigenvalue weighted by Gasteiger charge is 2.40. The van der Waals surface area contributed by atoms with E-state index in [1.165, 1.54) is 0 Å². The molecule has 2 heterocycles. The van der Waals surface area contributed by atoms with Crippen molar-refractivity contribution in [3.05, 3.63) is 88.4 Å². The number of pyridine rings is 1. The minimum Gasteiger partial charge on any atom is -0.457 e. The Bertz CT molecular complexity index is 1420. The molecular weight excluding hydrogens is 465 g/mol. The van der Waals surface area contributed by atoms with Gasteiger partial charge < -0.3 is 10.5 Å². The van der Waals surface area contributed by atoms with Crippen molar-refractivity contribution in [2.24, 2.45) is 5.73 Å². The number of esters is 1. The second-order valence-electron chi connectivity index (χ2n) is 7.97. The number of hydrogen-bond acceptors (Lipinski definition) is 5. The fraction of sp³-hybridized carbons (Fsp3) is 0.160. The predicted octanol–water partition coefficient (Wildman–Crippen LogP) is 5.33. The molecule has 1 amide bonds. The van der Waals surface area contributed by atoms with E-state index in [1.807, 2.05) is 12.1 Å². The fourth-order valence-electron chi connectivity index (χ4n) is 4.35. The van der Waals surface area contributed by atoms with E-state index in [2.05, 4.69) is 4.98 Å². The molecule has 1 aliphatic rings. The van der Waals surface area contributed by atoms with Crippen molar-refractivity contribution in [1.29, 1.82) is 0 Å². The van der Waals surface area contributed by atoms with Gasteiger partial charge in [-0.2, -0.15) is 13.2 Å². The van der Waals surface area contributed by atoms with E-state index in [-0.39, 0.29) is 15.1 Å². The van der Waals surface area contributed by atoms with Gasteiger partial charge in [-0.1, -0.05) is 54.6 Å². The lowest BCUT2D eigenvalue weighted by Crippen LogP contribution is -2.32. The minimum absolute atomic E-state index is 0.118. The van der Waals surface area contributed by atoms with Gasteiger partial charge in [-0.3, -0.25) is 9.78 Å². The molecule has 172 valence electrons. The number of benzene rings is 2. The van der Waals surface area contributed by atoms with Crippen molar-refractivity contribution in [1.82, 2.24) is 4.98 Å². The van der Waals surface area contributed by atoms with Crippen molar-refractivity contribution in [2.45, 2.75) is 24.6 Å². The Morgan fingerprint density at radius 3 is 2.47 bits per heavy atom. The van der Waals surface area contributed by atoms with Gasteiger partial charge in [0, 0.05) is 18.2 Å². The van der Waals surface area contributed by atoms with E-state index in [4.69, 9.17) is 10.5 Å². The van der Waals surface area contributed by atoms with Gasteiger partial charge in [-0.15, -0.1) is 11.3 Å². The molecule has 2 N–H and O–H groups in total. The van der Waals surface area contributed by atoms with Crippen LogP contribution in [-0.2, 0) is 22.1 Å². The average Bonchev–Trinajstić information content (AvgIpc) is 3.36. The summed E-state index contributed by atoms with van der Waals surface area (Å²) in [5.41, 5.74) is 7.57. The van der Waals surface area contributed by atoms with Crippen molar-refractivity contribution in [3.8, 4) is 11.1 Å². The summed E-state index contributed by atoms with van der Waals surface area (Å²) >= 11 is 0.881. The summed E-state index contributed by atoms with van der Waals surface area (Å²) in [6.07, 6.45) is -4.30. The minimum atomic E-state index is -4.57. The highest BCUT2D eigenvalue weighted by molar-refractivity contribution is 7.21. The highest BCUT2D eigenvalue weighted by Crippen LogP contribution is 2.42. The van der Waals surface area contributed by atoms with E-state index in [0.717, 1.165) is 29.2 Å². The maximum Gasteiger partial charge on any atom is 0.417 e. The summed E-state index contributed by atoms with van der Waals surface area (Å²) in [6.45, 7) is 0. The Morgan fingerprint density at radius 2 is 1.76 bits per heavy atom. The number of alkyl halides is 3. The third-order valence-corrected chi connectivity index (χ3v) is 6.96. The van der Waals surface area contributed by atoms with Crippen molar-refractivity contribution in [2.75, 3.05) is 0 Å². The lowest BCUT2D eigenvalue weighted by atomic mass is 9.99. The van der Waals surface area contributed by atoms with Crippen molar-refractivity contribution in [3.63, 3.8) is 0 Å². The first kappa shape index (κ1) is 22.1. The Balaban J connectivity index is 1.57. The number of carbonyl (C=O) groups is 2. The quantitative estimate of drug-likeness (QED) is 0.399. The standard InChI is InChI=1S/C25H17F3N2O3S/c26-25(27,28)15-11-18-21(30-12-15)19(13-6-2-1-3-7-13)22(34-18)24(32)33-17-10-14-8-4-5-9-16(14)20(17)23(29)31/h1-9,11-12,17,20H,10H2,(H2,29,31). The van der Waals surface area contributed by atoms with E-state index in [0.29, 0.717) is 23.1 Å². The van der Waals surface area contributed by atoms with Crippen LogP contribution in [0.25, 0.3) is 21.3 Å². The maximum atomic E-state index is 13.4. The van der Waals surface area contributed by atoms with Gasteiger partial charge in [0.25, 0.3) is 0 Å². The monoisotopic (exact) mass is 482 g/mol. The van der Waals surface area contributed by atoms with E-state index in [9.17, 15) is 22.8 Å². The molecule has 2 unspecified atom stereocenters. The zero-order valence-electron chi connectivity index (χ0n) is 17.5. The Kier molecular flexibility index (Phi) is 5.36. The zero-order valence-corrected chi connectivity index (χ0v) is 18.3. The topological polar surface area (TPSA) is 82.3 Å². The third kappa shape index (κ3) is 3.81. The van der Waals surface area contributed by atoms with Crippen LogP contribution in [0.4, 0.5) is 13.2 Å². The van der Waals surface area contributed by atoms with Crippen LogP contribution in [-0.4, -0.2) is 23.0 Å². The molecule has 1 aliphatic carbocycles. The normalized spacial score (nSPS) is 17.5. The summed E-state index contributed by atoms with van der Waals surface area (Å²) in [6, 6.07) is 17.0. The Hall–Kier alpha value is -3.72. The number of nitrogens with zero attached hydrogens (tertiary/aromatic N) is 1. The van der Waals surface area contributed by atoms with Crippen LogP contribution in [0.2, 0.25) is 0 Å². The van der Waals surface area contributed by atoms with Crippen LogP contribution in [0.5, 0.6) is 0 Å². The second kappa shape index (κ2) is 8.25. The van der Waals surface area contributed by atoms with E-state index >= 15 is 0 Å². The lowest BCUT2D eigenvalue weighted by molar-refractivity contribution is -0.137. The molecule has 0 radical (unpaired) electrons. The summed E-state index contributed by atoms with van der Waals surface area (Å²) in [7, 11) is 0. The van der Waals surface area contributed by atoms with Crippen molar-refractivity contribution >= 4 is 33.4 Å². The van der Waals surface area contributed by atoms with Gasteiger partial charge in [-0.25, -0.2) is 4.79 Å². The SMILES string of the molecule is NC(=O)C1c2ccccc2CC1OC(=O)c1sc2cc(C(F)(F)F)cnc2c1-c1ccccc1. The van der Waals surface area contributed by atoms with Gasteiger partial charge >= 0.3 is 12.1 Å². The predicted molar refractivity (Wildman–Crippen MR) is 121 cm³/mol.